The molecular formula is C18H21BrN2O4S. The monoisotopic (exact) mass is 440 g/mol. The zero-order valence-corrected chi connectivity index (χ0v) is 17.1. The van der Waals surface area contributed by atoms with Gasteiger partial charge in [0, 0.05) is 16.2 Å². The van der Waals surface area contributed by atoms with Crippen molar-refractivity contribution in [1.29, 1.82) is 0 Å². The molecule has 2 N–H and O–H groups in total. The Morgan fingerprint density at radius 1 is 1.08 bits per heavy atom. The SMILES string of the molecule is CC(C)NS(=O)(=O)c1ccc(NC(=O)C(C)Oc2cccc(Br)c2)cc1. The summed E-state index contributed by atoms with van der Waals surface area (Å²) in [7, 11) is -3.56. The topological polar surface area (TPSA) is 84.5 Å². The summed E-state index contributed by atoms with van der Waals surface area (Å²) in [6.07, 6.45) is -0.713. The van der Waals surface area contributed by atoms with Gasteiger partial charge >= 0.3 is 0 Å². The van der Waals surface area contributed by atoms with Gasteiger partial charge in [0.1, 0.15) is 5.75 Å². The van der Waals surface area contributed by atoms with E-state index in [1.54, 1.807) is 45.0 Å². The molecule has 2 aromatic rings. The summed E-state index contributed by atoms with van der Waals surface area (Å²) in [6, 6.07) is 13.0. The highest BCUT2D eigenvalue weighted by atomic mass is 79.9. The van der Waals surface area contributed by atoms with E-state index >= 15 is 0 Å². The first kappa shape index (κ1) is 20.4. The van der Waals surface area contributed by atoms with Crippen molar-refractivity contribution < 1.29 is 17.9 Å². The zero-order valence-electron chi connectivity index (χ0n) is 14.7. The van der Waals surface area contributed by atoms with Crippen LogP contribution in [0.15, 0.2) is 57.9 Å². The van der Waals surface area contributed by atoms with Gasteiger partial charge in [-0.25, -0.2) is 13.1 Å². The van der Waals surface area contributed by atoms with Gasteiger partial charge in [0.15, 0.2) is 6.10 Å². The molecule has 140 valence electrons. The molecule has 2 rings (SSSR count). The second-order valence-electron chi connectivity index (χ2n) is 6.01. The third-order valence-corrected chi connectivity index (χ3v) is 5.47. The van der Waals surface area contributed by atoms with Crippen LogP contribution in [0.2, 0.25) is 0 Å². The Balaban J connectivity index is 2.00. The minimum atomic E-state index is -3.56. The Hall–Kier alpha value is -1.90. The Labute approximate surface area is 162 Å². The summed E-state index contributed by atoms with van der Waals surface area (Å²) in [5.74, 6) is 0.240. The highest BCUT2D eigenvalue weighted by molar-refractivity contribution is 9.10. The molecule has 1 atom stereocenters. The van der Waals surface area contributed by atoms with E-state index < -0.39 is 16.1 Å². The molecule has 0 aliphatic rings. The van der Waals surface area contributed by atoms with Crippen LogP contribution in [0, 0.1) is 0 Å². The molecule has 8 heteroatoms. The molecule has 0 aromatic heterocycles. The first-order valence-corrected chi connectivity index (χ1v) is 10.3. The van der Waals surface area contributed by atoms with Crippen molar-refractivity contribution in [3.8, 4) is 5.75 Å². The van der Waals surface area contributed by atoms with Crippen LogP contribution in [-0.2, 0) is 14.8 Å². The van der Waals surface area contributed by atoms with Gasteiger partial charge in [-0.05, 0) is 63.2 Å². The quantitative estimate of drug-likeness (QED) is 0.689. The van der Waals surface area contributed by atoms with E-state index in [1.807, 2.05) is 12.1 Å². The Bertz CT molecular complexity index is 867. The highest BCUT2D eigenvalue weighted by Gasteiger charge is 2.17. The molecule has 0 saturated heterocycles. The lowest BCUT2D eigenvalue weighted by Gasteiger charge is -2.15. The summed E-state index contributed by atoms with van der Waals surface area (Å²) in [6.45, 7) is 5.14. The lowest BCUT2D eigenvalue weighted by Crippen LogP contribution is -2.31. The molecule has 0 saturated carbocycles. The number of anilines is 1. The first-order valence-electron chi connectivity index (χ1n) is 8.03. The van der Waals surface area contributed by atoms with E-state index in [0.717, 1.165) is 4.47 Å². The summed E-state index contributed by atoms with van der Waals surface area (Å²) in [4.78, 5) is 12.4. The lowest BCUT2D eigenvalue weighted by molar-refractivity contribution is -0.122. The molecular weight excluding hydrogens is 420 g/mol. The van der Waals surface area contributed by atoms with Crippen molar-refractivity contribution >= 4 is 37.5 Å². The van der Waals surface area contributed by atoms with E-state index in [4.69, 9.17) is 4.74 Å². The molecule has 0 fully saturated rings. The van der Waals surface area contributed by atoms with E-state index in [-0.39, 0.29) is 16.8 Å². The molecule has 1 amide bonds. The molecule has 6 nitrogen and oxygen atoms in total. The number of nitrogens with one attached hydrogen (secondary N) is 2. The number of rotatable bonds is 7. The van der Waals surface area contributed by atoms with Gasteiger partial charge < -0.3 is 10.1 Å². The van der Waals surface area contributed by atoms with Crippen molar-refractivity contribution in [2.75, 3.05) is 5.32 Å². The van der Waals surface area contributed by atoms with Gasteiger partial charge in [-0.1, -0.05) is 22.0 Å². The van der Waals surface area contributed by atoms with Crippen LogP contribution < -0.4 is 14.8 Å². The van der Waals surface area contributed by atoms with Crippen LogP contribution in [0.4, 0.5) is 5.69 Å². The fourth-order valence-electron chi connectivity index (χ4n) is 2.14. The summed E-state index contributed by atoms with van der Waals surface area (Å²) in [5, 5.41) is 2.71. The van der Waals surface area contributed by atoms with E-state index in [0.29, 0.717) is 11.4 Å². The molecule has 0 heterocycles. The number of carbonyl (C=O) groups excluding carboxylic acids is 1. The van der Waals surface area contributed by atoms with Crippen molar-refractivity contribution in [3.05, 3.63) is 53.0 Å². The number of hydrogen-bond acceptors (Lipinski definition) is 4. The fourth-order valence-corrected chi connectivity index (χ4v) is 3.77. The van der Waals surface area contributed by atoms with Crippen LogP contribution in [0.25, 0.3) is 0 Å². The normalized spacial score (nSPS) is 12.7. The summed E-state index contributed by atoms with van der Waals surface area (Å²) >= 11 is 3.35. The van der Waals surface area contributed by atoms with E-state index in [1.165, 1.54) is 12.1 Å². The van der Waals surface area contributed by atoms with Crippen LogP contribution in [0.3, 0.4) is 0 Å². The van der Waals surface area contributed by atoms with Gasteiger partial charge in [-0.15, -0.1) is 0 Å². The molecule has 0 aliphatic heterocycles. The number of amides is 1. The molecule has 1 unspecified atom stereocenters. The molecule has 0 aliphatic carbocycles. The predicted molar refractivity (Wildman–Crippen MR) is 105 cm³/mol. The number of benzene rings is 2. The first-order chi connectivity index (χ1) is 12.2. The standard InChI is InChI=1S/C18H21BrN2O4S/c1-12(2)21-26(23,24)17-9-7-15(8-10-17)20-18(22)13(3)25-16-6-4-5-14(19)11-16/h4-13,21H,1-3H3,(H,20,22). The largest absolute Gasteiger partial charge is 0.481 e. The van der Waals surface area contributed by atoms with Crippen LogP contribution >= 0.6 is 15.9 Å². The van der Waals surface area contributed by atoms with E-state index in [2.05, 4.69) is 26.0 Å². The number of hydrogen-bond donors (Lipinski definition) is 2. The average molecular weight is 441 g/mol. The zero-order chi connectivity index (χ0) is 19.3. The summed E-state index contributed by atoms with van der Waals surface area (Å²) in [5.41, 5.74) is 0.489. The van der Waals surface area contributed by atoms with Crippen molar-refractivity contribution in [2.24, 2.45) is 0 Å². The number of ether oxygens (including phenoxy) is 1. The van der Waals surface area contributed by atoms with Gasteiger partial charge in [-0.3, -0.25) is 4.79 Å². The predicted octanol–water partition coefficient (Wildman–Crippen LogP) is 3.54. The van der Waals surface area contributed by atoms with Crippen LogP contribution in [0.5, 0.6) is 5.75 Å². The highest BCUT2D eigenvalue weighted by Crippen LogP contribution is 2.20. The third kappa shape index (κ3) is 5.82. The summed E-state index contributed by atoms with van der Waals surface area (Å²) < 4.78 is 33.2. The van der Waals surface area contributed by atoms with Crippen LogP contribution in [0.1, 0.15) is 20.8 Å². The van der Waals surface area contributed by atoms with Crippen molar-refractivity contribution in [1.82, 2.24) is 4.72 Å². The third-order valence-electron chi connectivity index (χ3n) is 3.30. The van der Waals surface area contributed by atoms with Crippen molar-refractivity contribution in [3.63, 3.8) is 0 Å². The average Bonchev–Trinajstić information content (AvgIpc) is 2.54. The van der Waals surface area contributed by atoms with E-state index in [9.17, 15) is 13.2 Å². The molecule has 26 heavy (non-hydrogen) atoms. The number of carbonyl (C=O) groups is 1. The molecule has 0 bridgehead atoms. The Kier molecular flexibility index (Phi) is 6.80. The van der Waals surface area contributed by atoms with Gasteiger partial charge in [0.05, 0.1) is 4.90 Å². The maximum Gasteiger partial charge on any atom is 0.265 e. The van der Waals surface area contributed by atoms with Crippen LogP contribution in [-0.4, -0.2) is 26.5 Å². The van der Waals surface area contributed by atoms with Gasteiger partial charge in [0.2, 0.25) is 10.0 Å². The molecule has 2 aromatic carbocycles. The second kappa shape index (κ2) is 8.66. The molecule has 0 spiro atoms. The maximum absolute atomic E-state index is 12.3. The minimum absolute atomic E-state index is 0.141. The van der Waals surface area contributed by atoms with Gasteiger partial charge in [-0.2, -0.15) is 0 Å². The second-order valence-corrected chi connectivity index (χ2v) is 8.64. The smallest absolute Gasteiger partial charge is 0.265 e. The lowest BCUT2D eigenvalue weighted by atomic mass is 10.3. The fraction of sp³-hybridized carbons (Fsp3) is 0.278. The Morgan fingerprint density at radius 2 is 1.73 bits per heavy atom. The van der Waals surface area contributed by atoms with Crippen molar-refractivity contribution in [2.45, 2.75) is 37.8 Å². The maximum atomic E-state index is 12.3. The number of halogens is 1. The minimum Gasteiger partial charge on any atom is -0.481 e. The Morgan fingerprint density at radius 3 is 2.31 bits per heavy atom. The number of sulfonamides is 1. The molecule has 0 radical (unpaired) electrons. The van der Waals surface area contributed by atoms with Gasteiger partial charge in [0.25, 0.3) is 5.91 Å².